The zero-order valence-electron chi connectivity index (χ0n) is 13.1. The smallest absolute Gasteiger partial charge is 0.319 e. The number of halogens is 2. The molecule has 8 nitrogen and oxygen atoms in total. The Morgan fingerprint density at radius 2 is 2.08 bits per heavy atom. The molecule has 0 unspecified atom stereocenters. The highest BCUT2D eigenvalue weighted by Gasteiger charge is 2.29. The van der Waals surface area contributed by atoms with Gasteiger partial charge in [0, 0.05) is 37.7 Å². The first-order chi connectivity index (χ1) is 12.0. The van der Waals surface area contributed by atoms with Crippen molar-refractivity contribution in [2.75, 3.05) is 26.2 Å². The van der Waals surface area contributed by atoms with Gasteiger partial charge in [-0.3, -0.25) is 24.9 Å². The van der Waals surface area contributed by atoms with E-state index in [-0.39, 0.29) is 17.2 Å². The molecule has 3 rings (SSSR count). The van der Waals surface area contributed by atoms with Gasteiger partial charge in [0.2, 0.25) is 5.69 Å². The van der Waals surface area contributed by atoms with Gasteiger partial charge in [0.1, 0.15) is 12.0 Å². The van der Waals surface area contributed by atoms with Gasteiger partial charge in [-0.2, -0.15) is 5.10 Å². The van der Waals surface area contributed by atoms with Gasteiger partial charge in [0.15, 0.2) is 0 Å². The minimum Gasteiger partial charge on any atom is -0.335 e. The second-order valence-corrected chi connectivity index (χ2v) is 6.10. The Labute approximate surface area is 147 Å². The molecule has 0 aliphatic carbocycles. The molecule has 0 radical (unpaired) electrons. The van der Waals surface area contributed by atoms with Crippen molar-refractivity contribution in [1.29, 1.82) is 0 Å². The van der Waals surface area contributed by atoms with Crippen molar-refractivity contribution >= 4 is 23.2 Å². The van der Waals surface area contributed by atoms with E-state index in [1.54, 1.807) is 11.0 Å². The standard InChI is InChI=1S/C15H15ClFN5O3/c16-12-7-11(17)2-1-10(12)9-20-3-5-21(6-4-20)15(23)14-13(22(24)25)8-18-19-14/h1-2,7-8H,3-6,9H2,(H,18,19). The van der Waals surface area contributed by atoms with E-state index in [4.69, 9.17) is 11.6 Å². The number of carbonyl (C=O) groups excluding carboxylic acids is 1. The van der Waals surface area contributed by atoms with Crippen molar-refractivity contribution in [2.45, 2.75) is 6.54 Å². The highest BCUT2D eigenvalue weighted by atomic mass is 35.5. The van der Waals surface area contributed by atoms with Gasteiger partial charge in [0.25, 0.3) is 5.91 Å². The summed E-state index contributed by atoms with van der Waals surface area (Å²) in [5, 5.41) is 17.3. The number of nitrogens with zero attached hydrogens (tertiary/aromatic N) is 4. The average Bonchev–Trinajstić information content (AvgIpc) is 3.07. The van der Waals surface area contributed by atoms with E-state index in [1.165, 1.54) is 12.1 Å². The van der Waals surface area contributed by atoms with Crippen molar-refractivity contribution in [2.24, 2.45) is 0 Å². The molecule has 10 heteroatoms. The van der Waals surface area contributed by atoms with Crippen molar-refractivity contribution in [3.8, 4) is 0 Å². The fourth-order valence-corrected chi connectivity index (χ4v) is 2.96. The fourth-order valence-electron chi connectivity index (χ4n) is 2.73. The van der Waals surface area contributed by atoms with E-state index in [9.17, 15) is 19.3 Å². The molecular formula is C15H15ClFN5O3. The summed E-state index contributed by atoms with van der Waals surface area (Å²) >= 11 is 6.04. The van der Waals surface area contributed by atoms with Gasteiger partial charge in [-0.25, -0.2) is 4.39 Å². The maximum Gasteiger partial charge on any atom is 0.319 e. The molecule has 1 N–H and O–H groups in total. The predicted octanol–water partition coefficient (Wildman–Crippen LogP) is 2.07. The lowest BCUT2D eigenvalue weighted by molar-refractivity contribution is -0.385. The Morgan fingerprint density at radius 3 is 2.72 bits per heavy atom. The second kappa shape index (κ2) is 7.16. The highest BCUT2D eigenvalue weighted by Crippen LogP contribution is 2.21. The minimum absolute atomic E-state index is 0.111. The van der Waals surface area contributed by atoms with Crippen LogP contribution in [0.5, 0.6) is 0 Å². The van der Waals surface area contributed by atoms with Gasteiger partial charge >= 0.3 is 5.69 Å². The number of nitrogens with one attached hydrogen (secondary N) is 1. The van der Waals surface area contributed by atoms with Crippen LogP contribution < -0.4 is 0 Å². The predicted molar refractivity (Wildman–Crippen MR) is 87.8 cm³/mol. The van der Waals surface area contributed by atoms with E-state index in [0.29, 0.717) is 37.7 Å². The summed E-state index contributed by atoms with van der Waals surface area (Å²) in [4.78, 5) is 26.3. The van der Waals surface area contributed by atoms with Gasteiger partial charge in [-0.05, 0) is 17.7 Å². The molecule has 0 spiro atoms. The molecule has 25 heavy (non-hydrogen) atoms. The Morgan fingerprint density at radius 1 is 1.36 bits per heavy atom. The molecule has 1 fully saturated rings. The van der Waals surface area contributed by atoms with Gasteiger partial charge in [-0.1, -0.05) is 17.7 Å². The van der Waals surface area contributed by atoms with Crippen LogP contribution in [-0.2, 0) is 6.54 Å². The number of aromatic amines is 1. The van der Waals surface area contributed by atoms with Crippen molar-refractivity contribution < 1.29 is 14.1 Å². The monoisotopic (exact) mass is 367 g/mol. The van der Waals surface area contributed by atoms with E-state index in [0.717, 1.165) is 11.8 Å². The number of aromatic nitrogens is 2. The number of piperazine rings is 1. The van der Waals surface area contributed by atoms with Crippen LogP contribution in [-0.4, -0.2) is 57.0 Å². The minimum atomic E-state index is -0.635. The highest BCUT2D eigenvalue weighted by molar-refractivity contribution is 6.31. The van der Waals surface area contributed by atoms with Crippen molar-refractivity contribution in [3.05, 3.63) is 56.6 Å². The number of carbonyl (C=O) groups is 1. The number of hydrogen-bond donors (Lipinski definition) is 1. The van der Waals surface area contributed by atoms with Gasteiger partial charge in [0.05, 0.1) is 4.92 Å². The first-order valence-electron chi connectivity index (χ1n) is 7.59. The molecule has 2 heterocycles. The zero-order valence-corrected chi connectivity index (χ0v) is 13.9. The number of rotatable bonds is 4. The summed E-state index contributed by atoms with van der Waals surface area (Å²) in [6.45, 7) is 2.57. The normalized spacial score (nSPS) is 15.4. The summed E-state index contributed by atoms with van der Waals surface area (Å²) in [6.07, 6.45) is 1.03. The van der Waals surface area contributed by atoms with E-state index >= 15 is 0 Å². The van der Waals surface area contributed by atoms with Crippen LogP contribution >= 0.6 is 11.6 Å². The van der Waals surface area contributed by atoms with Crippen LogP contribution in [0.25, 0.3) is 0 Å². The molecule has 1 aromatic carbocycles. The molecule has 132 valence electrons. The van der Waals surface area contributed by atoms with Crippen LogP contribution in [0, 0.1) is 15.9 Å². The number of H-pyrrole nitrogens is 1. The largest absolute Gasteiger partial charge is 0.335 e. The second-order valence-electron chi connectivity index (χ2n) is 5.69. The lowest BCUT2D eigenvalue weighted by atomic mass is 10.2. The maximum atomic E-state index is 13.1. The van der Waals surface area contributed by atoms with Crippen molar-refractivity contribution in [1.82, 2.24) is 20.0 Å². The quantitative estimate of drug-likeness (QED) is 0.659. The van der Waals surface area contributed by atoms with Crippen LogP contribution in [0.3, 0.4) is 0 Å². The Balaban J connectivity index is 1.61. The SMILES string of the molecule is O=C(c1[nH]ncc1[N+](=O)[O-])N1CCN(Cc2ccc(F)cc2Cl)CC1. The van der Waals surface area contributed by atoms with Gasteiger partial charge < -0.3 is 4.90 Å². The molecule has 1 saturated heterocycles. The van der Waals surface area contributed by atoms with Crippen LogP contribution in [0.1, 0.15) is 16.1 Å². The van der Waals surface area contributed by atoms with E-state index < -0.39 is 10.8 Å². The molecular weight excluding hydrogens is 353 g/mol. The van der Waals surface area contributed by atoms with Crippen molar-refractivity contribution in [3.63, 3.8) is 0 Å². The summed E-state index contributed by atoms with van der Waals surface area (Å²) in [7, 11) is 0. The summed E-state index contributed by atoms with van der Waals surface area (Å²) in [5.41, 5.74) is 0.373. The topological polar surface area (TPSA) is 95.4 Å². The van der Waals surface area contributed by atoms with E-state index in [1.807, 2.05) is 0 Å². The van der Waals surface area contributed by atoms with E-state index in [2.05, 4.69) is 15.1 Å². The van der Waals surface area contributed by atoms with Crippen LogP contribution in [0.2, 0.25) is 5.02 Å². The molecule has 0 bridgehead atoms. The number of amides is 1. The number of hydrogen-bond acceptors (Lipinski definition) is 5. The third kappa shape index (κ3) is 3.77. The molecule has 0 saturated carbocycles. The molecule has 1 amide bonds. The molecule has 0 atom stereocenters. The molecule has 1 aromatic heterocycles. The third-order valence-corrected chi connectivity index (χ3v) is 4.45. The molecule has 1 aliphatic heterocycles. The lowest BCUT2D eigenvalue weighted by Crippen LogP contribution is -2.48. The number of nitro groups is 1. The first kappa shape index (κ1) is 17.3. The average molecular weight is 368 g/mol. The fraction of sp³-hybridized carbons (Fsp3) is 0.333. The summed E-state index contributed by atoms with van der Waals surface area (Å²) in [6, 6.07) is 4.27. The van der Waals surface area contributed by atoms with Gasteiger partial charge in [-0.15, -0.1) is 0 Å². The zero-order chi connectivity index (χ0) is 18.0. The number of benzene rings is 1. The Kier molecular flexibility index (Phi) is 4.95. The molecule has 1 aliphatic rings. The van der Waals surface area contributed by atoms with Crippen LogP contribution in [0.4, 0.5) is 10.1 Å². The first-order valence-corrected chi connectivity index (χ1v) is 7.97. The third-order valence-electron chi connectivity index (χ3n) is 4.10. The Hall–Kier alpha value is -2.52. The Bertz CT molecular complexity index is 804. The lowest BCUT2D eigenvalue weighted by Gasteiger charge is -2.34. The summed E-state index contributed by atoms with van der Waals surface area (Å²) < 4.78 is 13.1. The van der Waals surface area contributed by atoms with Crippen LogP contribution in [0.15, 0.2) is 24.4 Å². The maximum absolute atomic E-state index is 13.1. The molecule has 2 aromatic rings. The summed E-state index contributed by atoms with van der Waals surface area (Å²) in [5.74, 6) is -0.825.